The highest BCUT2D eigenvalue weighted by atomic mass is 35.5. The molecule has 0 radical (unpaired) electrons. The highest BCUT2D eigenvalue weighted by Crippen LogP contribution is 2.58. The van der Waals surface area contributed by atoms with E-state index in [1.807, 2.05) is 0 Å². The Morgan fingerprint density at radius 2 is 1.91 bits per heavy atom. The molecule has 1 aliphatic heterocycles. The van der Waals surface area contributed by atoms with E-state index in [-0.39, 0.29) is 12.4 Å². The summed E-state index contributed by atoms with van der Waals surface area (Å²) in [6, 6.07) is 0. The van der Waals surface area contributed by atoms with E-state index in [0.29, 0.717) is 22.7 Å². The molecule has 4 nitrogen and oxygen atoms in total. The van der Waals surface area contributed by atoms with Crippen LogP contribution in [-0.4, -0.2) is 38.8 Å². The second-order valence-electron chi connectivity index (χ2n) is 7.74. The number of hydrogen-bond donors (Lipinski definition) is 2. The van der Waals surface area contributed by atoms with E-state index in [9.17, 15) is 4.79 Å². The largest absolute Gasteiger partial charge is 0.382 e. The van der Waals surface area contributed by atoms with Crippen LogP contribution in [0.15, 0.2) is 0 Å². The van der Waals surface area contributed by atoms with Crippen molar-refractivity contribution in [3.8, 4) is 0 Å². The Morgan fingerprint density at radius 3 is 2.57 bits per heavy atom. The second-order valence-corrected chi connectivity index (χ2v) is 7.74. The van der Waals surface area contributed by atoms with E-state index in [2.05, 4.69) is 17.6 Å². The lowest BCUT2D eigenvalue weighted by molar-refractivity contribution is -0.123. The van der Waals surface area contributed by atoms with Gasteiger partial charge in [0.2, 0.25) is 5.91 Å². The number of halogens is 1. The number of hydrogen-bond acceptors (Lipinski definition) is 3. The van der Waals surface area contributed by atoms with E-state index >= 15 is 0 Å². The molecular weight excluding hydrogens is 312 g/mol. The molecule has 2 N–H and O–H groups in total. The fourth-order valence-corrected chi connectivity index (χ4v) is 4.67. The molecule has 134 valence electrons. The Labute approximate surface area is 146 Å². The normalized spacial score (nSPS) is 27.4. The third-order valence-electron chi connectivity index (χ3n) is 6.39. The second kappa shape index (κ2) is 8.17. The molecule has 0 aromatic carbocycles. The number of ether oxygens (including phenoxy) is 1. The summed E-state index contributed by atoms with van der Waals surface area (Å²) in [4.78, 5) is 12.5. The number of carbonyl (C=O) groups is 1. The zero-order chi connectivity index (χ0) is 15.5. The lowest BCUT2D eigenvalue weighted by Gasteiger charge is -2.30. The van der Waals surface area contributed by atoms with Crippen molar-refractivity contribution in [2.24, 2.45) is 16.7 Å². The summed E-state index contributed by atoms with van der Waals surface area (Å²) in [7, 11) is 0. The van der Waals surface area contributed by atoms with Crippen molar-refractivity contribution in [1.29, 1.82) is 0 Å². The van der Waals surface area contributed by atoms with E-state index in [4.69, 9.17) is 4.74 Å². The van der Waals surface area contributed by atoms with Crippen molar-refractivity contribution in [3.05, 3.63) is 0 Å². The predicted molar refractivity (Wildman–Crippen MR) is 94.9 cm³/mol. The van der Waals surface area contributed by atoms with Gasteiger partial charge in [-0.25, -0.2) is 0 Å². The Bertz CT molecular complexity index is 390. The maximum absolute atomic E-state index is 12.5. The van der Waals surface area contributed by atoms with Crippen LogP contribution in [0, 0.1) is 16.7 Å². The Morgan fingerprint density at radius 1 is 1.22 bits per heavy atom. The molecule has 1 amide bonds. The van der Waals surface area contributed by atoms with Crippen LogP contribution >= 0.6 is 12.4 Å². The van der Waals surface area contributed by atoms with Gasteiger partial charge in [0, 0.05) is 25.7 Å². The van der Waals surface area contributed by atoms with Crippen LogP contribution in [0.25, 0.3) is 0 Å². The molecule has 1 spiro atoms. The van der Waals surface area contributed by atoms with Gasteiger partial charge in [0.1, 0.15) is 0 Å². The molecular formula is C18H33ClN2O2. The highest BCUT2D eigenvalue weighted by Gasteiger charge is 2.57. The number of rotatable bonds is 7. The van der Waals surface area contributed by atoms with E-state index in [1.165, 1.54) is 38.5 Å². The standard InChI is InChI=1S/C18H32N2O2.ClH/c1-2-22-12-9-17(5-3-4-6-17)14-20-16(21)15-13-18(15)7-10-19-11-8-18;/h15,19H,2-14H2,1H3,(H,20,21);1H. The molecule has 1 heterocycles. The molecule has 0 aromatic rings. The molecule has 0 bridgehead atoms. The van der Waals surface area contributed by atoms with Crippen molar-refractivity contribution in [1.82, 2.24) is 10.6 Å². The van der Waals surface area contributed by atoms with E-state index in [0.717, 1.165) is 45.7 Å². The van der Waals surface area contributed by atoms with Crippen LogP contribution in [0.1, 0.15) is 58.3 Å². The molecule has 1 atom stereocenters. The summed E-state index contributed by atoms with van der Waals surface area (Å²) < 4.78 is 5.56. The lowest BCUT2D eigenvalue weighted by Crippen LogP contribution is -2.39. The van der Waals surface area contributed by atoms with Crippen LogP contribution in [0.4, 0.5) is 0 Å². The summed E-state index contributed by atoms with van der Waals surface area (Å²) in [6.07, 6.45) is 9.69. The molecule has 3 aliphatic rings. The van der Waals surface area contributed by atoms with E-state index in [1.54, 1.807) is 0 Å². The van der Waals surface area contributed by atoms with Crippen LogP contribution < -0.4 is 10.6 Å². The van der Waals surface area contributed by atoms with Gasteiger partial charge in [-0.2, -0.15) is 0 Å². The van der Waals surface area contributed by atoms with Crippen LogP contribution in [0.2, 0.25) is 0 Å². The molecule has 2 aliphatic carbocycles. The first-order chi connectivity index (χ1) is 10.7. The third kappa shape index (κ3) is 4.40. The van der Waals surface area contributed by atoms with Crippen LogP contribution in [0.5, 0.6) is 0 Å². The maximum Gasteiger partial charge on any atom is 0.223 e. The first kappa shape index (κ1) is 19.0. The number of nitrogens with one attached hydrogen (secondary N) is 2. The molecule has 2 saturated carbocycles. The summed E-state index contributed by atoms with van der Waals surface area (Å²) in [5, 5.41) is 6.72. The third-order valence-corrected chi connectivity index (χ3v) is 6.39. The minimum atomic E-state index is 0. The number of piperidine rings is 1. The Kier molecular flexibility index (Phi) is 6.76. The van der Waals surface area contributed by atoms with Crippen LogP contribution in [-0.2, 0) is 9.53 Å². The summed E-state index contributed by atoms with van der Waals surface area (Å²) in [5.41, 5.74) is 0.657. The number of carbonyl (C=O) groups excluding carboxylic acids is 1. The fourth-order valence-electron chi connectivity index (χ4n) is 4.67. The zero-order valence-electron chi connectivity index (χ0n) is 14.5. The highest BCUT2D eigenvalue weighted by molar-refractivity contribution is 5.85. The minimum absolute atomic E-state index is 0. The molecule has 5 heteroatoms. The predicted octanol–water partition coefficient (Wildman–Crippen LogP) is 2.90. The smallest absolute Gasteiger partial charge is 0.223 e. The SMILES string of the molecule is CCOCCC1(CNC(=O)C2CC23CCNCC3)CCCC1.Cl. The monoisotopic (exact) mass is 344 g/mol. The van der Waals surface area contributed by atoms with Crippen molar-refractivity contribution >= 4 is 18.3 Å². The van der Waals surface area contributed by atoms with Gasteiger partial charge in [-0.1, -0.05) is 12.8 Å². The average molecular weight is 345 g/mol. The Hall–Kier alpha value is -0.320. The van der Waals surface area contributed by atoms with Gasteiger partial charge in [-0.15, -0.1) is 12.4 Å². The van der Waals surface area contributed by atoms with Crippen molar-refractivity contribution in [3.63, 3.8) is 0 Å². The van der Waals surface area contributed by atoms with Gasteiger partial charge in [0.05, 0.1) is 0 Å². The van der Waals surface area contributed by atoms with Gasteiger partial charge < -0.3 is 15.4 Å². The van der Waals surface area contributed by atoms with Gasteiger partial charge in [0.15, 0.2) is 0 Å². The average Bonchev–Trinajstić information content (AvgIpc) is 3.02. The van der Waals surface area contributed by atoms with Gasteiger partial charge in [0.25, 0.3) is 0 Å². The van der Waals surface area contributed by atoms with Gasteiger partial charge in [-0.05, 0) is 69.4 Å². The van der Waals surface area contributed by atoms with Gasteiger partial charge >= 0.3 is 0 Å². The first-order valence-electron chi connectivity index (χ1n) is 9.26. The molecule has 0 aromatic heterocycles. The Balaban J connectivity index is 0.00000192. The summed E-state index contributed by atoms with van der Waals surface area (Å²) in [6.45, 7) is 6.72. The molecule has 1 saturated heterocycles. The topological polar surface area (TPSA) is 50.4 Å². The minimum Gasteiger partial charge on any atom is -0.382 e. The summed E-state index contributed by atoms with van der Waals surface area (Å²) in [5.74, 6) is 0.615. The number of amides is 1. The lowest BCUT2D eigenvalue weighted by atomic mass is 9.82. The fraction of sp³-hybridized carbons (Fsp3) is 0.944. The molecule has 3 rings (SSSR count). The molecule has 1 unspecified atom stereocenters. The summed E-state index contributed by atoms with van der Waals surface area (Å²) >= 11 is 0. The molecule has 3 fully saturated rings. The van der Waals surface area contributed by atoms with Crippen molar-refractivity contribution in [2.75, 3.05) is 32.8 Å². The van der Waals surface area contributed by atoms with E-state index < -0.39 is 0 Å². The van der Waals surface area contributed by atoms with Gasteiger partial charge in [-0.3, -0.25) is 4.79 Å². The first-order valence-corrected chi connectivity index (χ1v) is 9.26. The zero-order valence-corrected chi connectivity index (χ0v) is 15.3. The van der Waals surface area contributed by atoms with Crippen molar-refractivity contribution in [2.45, 2.75) is 58.3 Å². The quantitative estimate of drug-likeness (QED) is 0.698. The van der Waals surface area contributed by atoms with Crippen molar-refractivity contribution < 1.29 is 9.53 Å². The molecule has 23 heavy (non-hydrogen) atoms. The van der Waals surface area contributed by atoms with Crippen LogP contribution in [0.3, 0.4) is 0 Å². The maximum atomic E-state index is 12.5.